The highest BCUT2D eigenvalue weighted by Gasteiger charge is 2.16. The van der Waals surface area contributed by atoms with Gasteiger partial charge in [-0.2, -0.15) is 5.10 Å². The molecule has 0 aliphatic heterocycles. The van der Waals surface area contributed by atoms with Crippen molar-refractivity contribution in [3.05, 3.63) is 46.1 Å². The average molecular weight is 374 g/mol. The van der Waals surface area contributed by atoms with E-state index in [1.807, 2.05) is 39.1 Å². The van der Waals surface area contributed by atoms with Crippen LogP contribution in [0.4, 0.5) is 5.82 Å². The molecule has 0 saturated heterocycles. The first-order valence-corrected chi connectivity index (χ1v) is 8.48. The Morgan fingerprint density at radius 2 is 2.15 bits per heavy atom. The van der Waals surface area contributed by atoms with Crippen LogP contribution in [-0.2, 0) is 18.4 Å². The van der Waals surface area contributed by atoms with Crippen LogP contribution < -0.4 is 15.8 Å². The van der Waals surface area contributed by atoms with Crippen LogP contribution in [0.25, 0.3) is 11.0 Å². The SMILES string of the molecule is Cc1c(NCc2cccc(OCC(N)=O)c2)nc2c(c(C)nn2C)c1Cl. The second kappa shape index (κ2) is 7.21. The number of hydrogen-bond donors (Lipinski definition) is 2. The molecule has 0 fully saturated rings. The van der Waals surface area contributed by atoms with Gasteiger partial charge in [-0.1, -0.05) is 23.7 Å². The number of ether oxygens (including phenoxy) is 1. The number of primary amides is 1. The van der Waals surface area contributed by atoms with Crippen molar-refractivity contribution in [2.75, 3.05) is 11.9 Å². The number of rotatable bonds is 6. The molecule has 0 aliphatic rings. The van der Waals surface area contributed by atoms with Gasteiger partial charge in [-0.25, -0.2) is 4.98 Å². The number of carbonyl (C=O) groups excluding carboxylic acids is 1. The molecule has 0 radical (unpaired) electrons. The van der Waals surface area contributed by atoms with E-state index in [-0.39, 0.29) is 6.61 Å². The van der Waals surface area contributed by atoms with E-state index < -0.39 is 5.91 Å². The normalized spacial score (nSPS) is 10.9. The van der Waals surface area contributed by atoms with Crippen molar-refractivity contribution in [2.45, 2.75) is 20.4 Å². The molecule has 26 heavy (non-hydrogen) atoms. The summed E-state index contributed by atoms with van der Waals surface area (Å²) in [4.78, 5) is 15.5. The number of aromatic nitrogens is 3. The Hall–Kier alpha value is -2.80. The van der Waals surface area contributed by atoms with Crippen molar-refractivity contribution in [2.24, 2.45) is 12.8 Å². The molecule has 0 spiro atoms. The van der Waals surface area contributed by atoms with Crippen LogP contribution >= 0.6 is 11.6 Å². The summed E-state index contributed by atoms with van der Waals surface area (Å²) in [6.45, 7) is 4.22. The molecule has 0 bridgehead atoms. The zero-order valence-electron chi connectivity index (χ0n) is 14.8. The molecule has 2 aromatic heterocycles. The lowest BCUT2D eigenvalue weighted by Gasteiger charge is -2.12. The maximum absolute atomic E-state index is 10.8. The van der Waals surface area contributed by atoms with Gasteiger partial charge in [0.25, 0.3) is 5.91 Å². The summed E-state index contributed by atoms with van der Waals surface area (Å²) in [7, 11) is 1.84. The fourth-order valence-electron chi connectivity index (χ4n) is 2.77. The molecule has 136 valence electrons. The molecule has 2 heterocycles. The number of aryl methyl sites for hydroxylation is 2. The monoisotopic (exact) mass is 373 g/mol. The van der Waals surface area contributed by atoms with Crippen LogP contribution in [0.5, 0.6) is 5.75 Å². The second-order valence-corrected chi connectivity index (χ2v) is 6.44. The minimum absolute atomic E-state index is 0.149. The topological polar surface area (TPSA) is 95.1 Å². The van der Waals surface area contributed by atoms with Crippen molar-refractivity contribution < 1.29 is 9.53 Å². The maximum Gasteiger partial charge on any atom is 0.255 e. The quantitative estimate of drug-likeness (QED) is 0.692. The molecule has 3 rings (SSSR count). The number of anilines is 1. The number of nitrogens with one attached hydrogen (secondary N) is 1. The van der Waals surface area contributed by atoms with Crippen LogP contribution in [0.1, 0.15) is 16.8 Å². The van der Waals surface area contributed by atoms with E-state index in [0.29, 0.717) is 23.1 Å². The zero-order valence-corrected chi connectivity index (χ0v) is 15.6. The summed E-state index contributed by atoms with van der Waals surface area (Å²) >= 11 is 6.53. The molecule has 8 heteroatoms. The molecule has 1 aromatic carbocycles. The van der Waals surface area contributed by atoms with E-state index in [1.165, 1.54) is 0 Å². The number of carbonyl (C=O) groups is 1. The Kier molecular flexibility index (Phi) is 4.99. The van der Waals surface area contributed by atoms with Crippen LogP contribution in [-0.4, -0.2) is 27.3 Å². The van der Waals surface area contributed by atoms with E-state index in [9.17, 15) is 4.79 Å². The summed E-state index contributed by atoms with van der Waals surface area (Å²) < 4.78 is 7.05. The predicted octanol–water partition coefficient (Wildman–Crippen LogP) is 2.71. The third-order valence-electron chi connectivity index (χ3n) is 4.05. The minimum atomic E-state index is -0.511. The summed E-state index contributed by atoms with van der Waals surface area (Å²) in [5.74, 6) is 0.778. The minimum Gasteiger partial charge on any atom is -0.484 e. The van der Waals surface area contributed by atoms with Crippen molar-refractivity contribution >= 4 is 34.4 Å². The summed E-state index contributed by atoms with van der Waals surface area (Å²) in [5, 5.41) is 9.22. The fraction of sp³-hybridized carbons (Fsp3) is 0.278. The van der Waals surface area contributed by atoms with E-state index in [1.54, 1.807) is 10.7 Å². The predicted molar refractivity (Wildman–Crippen MR) is 101 cm³/mol. The number of pyridine rings is 1. The number of halogens is 1. The first-order valence-electron chi connectivity index (χ1n) is 8.10. The number of benzene rings is 1. The molecule has 0 aliphatic carbocycles. The average Bonchev–Trinajstić information content (AvgIpc) is 2.89. The van der Waals surface area contributed by atoms with Gasteiger partial charge in [-0.3, -0.25) is 9.48 Å². The second-order valence-electron chi connectivity index (χ2n) is 6.06. The van der Waals surface area contributed by atoms with Gasteiger partial charge in [-0.05, 0) is 31.5 Å². The highest BCUT2D eigenvalue weighted by atomic mass is 35.5. The molecule has 7 nitrogen and oxygen atoms in total. The van der Waals surface area contributed by atoms with Crippen LogP contribution in [0.2, 0.25) is 5.02 Å². The first-order chi connectivity index (χ1) is 12.4. The lowest BCUT2D eigenvalue weighted by molar-refractivity contribution is -0.119. The molecule has 0 unspecified atom stereocenters. The van der Waals surface area contributed by atoms with Crippen molar-refractivity contribution in [1.29, 1.82) is 0 Å². The van der Waals surface area contributed by atoms with Gasteiger partial charge in [0.15, 0.2) is 12.3 Å². The lowest BCUT2D eigenvalue weighted by Crippen LogP contribution is -2.20. The van der Waals surface area contributed by atoms with Gasteiger partial charge in [0.05, 0.1) is 16.1 Å². The Labute approximate surface area is 156 Å². The van der Waals surface area contributed by atoms with Gasteiger partial charge in [-0.15, -0.1) is 0 Å². The smallest absolute Gasteiger partial charge is 0.255 e. The fourth-order valence-corrected chi connectivity index (χ4v) is 3.08. The van der Waals surface area contributed by atoms with E-state index in [4.69, 9.17) is 22.1 Å². The summed E-state index contributed by atoms with van der Waals surface area (Å²) in [6, 6.07) is 7.43. The Morgan fingerprint density at radius 3 is 2.88 bits per heavy atom. The lowest BCUT2D eigenvalue weighted by atomic mass is 10.2. The zero-order chi connectivity index (χ0) is 18.8. The van der Waals surface area contributed by atoms with Crippen LogP contribution in [0, 0.1) is 13.8 Å². The molecule has 3 aromatic rings. The Balaban J connectivity index is 1.82. The highest BCUT2D eigenvalue weighted by Crippen LogP contribution is 2.32. The molecule has 0 saturated carbocycles. The van der Waals surface area contributed by atoms with Crippen molar-refractivity contribution in [3.8, 4) is 5.75 Å². The Bertz CT molecular complexity index is 983. The number of fused-ring (bicyclic) bond motifs is 1. The molecular weight excluding hydrogens is 354 g/mol. The summed E-state index contributed by atoms with van der Waals surface area (Å²) in [5.41, 5.74) is 8.54. The number of hydrogen-bond acceptors (Lipinski definition) is 5. The van der Waals surface area contributed by atoms with E-state index in [0.717, 1.165) is 27.9 Å². The van der Waals surface area contributed by atoms with Gasteiger partial charge in [0, 0.05) is 19.2 Å². The third kappa shape index (κ3) is 3.57. The van der Waals surface area contributed by atoms with Gasteiger partial charge in [0.2, 0.25) is 0 Å². The van der Waals surface area contributed by atoms with Gasteiger partial charge < -0.3 is 15.8 Å². The Morgan fingerprint density at radius 1 is 1.38 bits per heavy atom. The molecule has 0 atom stereocenters. The van der Waals surface area contributed by atoms with Crippen molar-refractivity contribution in [3.63, 3.8) is 0 Å². The maximum atomic E-state index is 10.8. The van der Waals surface area contributed by atoms with Crippen LogP contribution in [0.15, 0.2) is 24.3 Å². The van der Waals surface area contributed by atoms with E-state index in [2.05, 4.69) is 15.4 Å². The number of nitrogens with zero attached hydrogens (tertiary/aromatic N) is 3. The first kappa shape index (κ1) is 18.0. The number of amides is 1. The molecule has 3 N–H and O–H groups in total. The molecule has 1 amide bonds. The summed E-state index contributed by atoms with van der Waals surface area (Å²) in [6.07, 6.45) is 0. The molecular formula is C18H20ClN5O2. The number of nitrogens with two attached hydrogens (primary N) is 1. The van der Waals surface area contributed by atoms with Gasteiger partial charge in [0.1, 0.15) is 11.6 Å². The largest absolute Gasteiger partial charge is 0.484 e. The third-order valence-corrected chi connectivity index (χ3v) is 4.53. The van der Waals surface area contributed by atoms with Crippen molar-refractivity contribution in [1.82, 2.24) is 14.8 Å². The standard InChI is InChI=1S/C18H20ClN5O2/c1-10-16(19)15-11(2)23-24(3)18(15)22-17(10)21-8-12-5-4-6-13(7-12)26-9-14(20)25/h4-7H,8-9H2,1-3H3,(H2,20,25)(H,21,22). The van der Waals surface area contributed by atoms with Gasteiger partial charge >= 0.3 is 0 Å². The highest BCUT2D eigenvalue weighted by molar-refractivity contribution is 6.36. The van der Waals surface area contributed by atoms with Crippen LogP contribution in [0.3, 0.4) is 0 Å². The van der Waals surface area contributed by atoms with E-state index >= 15 is 0 Å².